The molecule has 0 aliphatic carbocycles. The van der Waals surface area contributed by atoms with Crippen LogP contribution >= 0.6 is 0 Å². The van der Waals surface area contributed by atoms with Crippen molar-refractivity contribution in [3.8, 4) is 11.4 Å². The molecule has 1 aromatic heterocycles. The molecule has 6 nitrogen and oxygen atoms in total. The summed E-state index contributed by atoms with van der Waals surface area (Å²) in [4.78, 5) is 0. The number of rotatable bonds is 6. The number of halogens is 1. The summed E-state index contributed by atoms with van der Waals surface area (Å²) in [6, 6.07) is 3.12. The van der Waals surface area contributed by atoms with Crippen molar-refractivity contribution in [1.29, 1.82) is 0 Å². The molecular weight excluding hydrogens is 273 g/mol. The number of benzene rings is 1. The monoisotopic (exact) mass is 293 g/mol. The first kappa shape index (κ1) is 15.4. The lowest BCUT2D eigenvalue weighted by Crippen LogP contribution is -2.12. The van der Waals surface area contributed by atoms with Crippen molar-refractivity contribution in [2.45, 2.75) is 27.3 Å². The zero-order chi connectivity index (χ0) is 15.4. The van der Waals surface area contributed by atoms with Crippen LogP contribution in [0, 0.1) is 18.7 Å². The second kappa shape index (κ2) is 6.62. The van der Waals surface area contributed by atoms with E-state index in [4.69, 9.17) is 10.5 Å². The first-order valence-corrected chi connectivity index (χ1v) is 6.89. The molecule has 0 radical (unpaired) electrons. The number of ether oxygens (including phenoxy) is 1. The summed E-state index contributed by atoms with van der Waals surface area (Å²) in [5.74, 6) is 0.465. The Kier molecular flexibility index (Phi) is 4.85. The van der Waals surface area contributed by atoms with Gasteiger partial charge in [-0.25, -0.2) is 9.07 Å². The highest BCUT2D eigenvalue weighted by molar-refractivity contribution is 5.63. The SMILES string of the molecule is Cc1cc(N)cc(-c2nnnn2CCOCC(C)C)c1F. The Balaban J connectivity index is 2.17. The zero-order valence-electron chi connectivity index (χ0n) is 12.5. The molecule has 21 heavy (non-hydrogen) atoms. The number of aromatic nitrogens is 4. The summed E-state index contributed by atoms with van der Waals surface area (Å²) in [7, 11) is 0. The van der Waals surface area contributed by atoms with Gasteiger partial charge in [-0.1, -0.05) is 13.8 Å². The fourth-order valence-corrected chi connectivity index (χ4v) is 1.98. The fourth-order valence-electron chi connectivity index (χ4n) is 1.98. The predicted octanol–water partition coefficient (Wildman–Crippen LogP) is 2.04. The highest BCUT2D eigenvalue weighted by Gasteiger charge is 2.16. The van der Waals surface area contributed by atoms with Gasteiger partial charge in [-0.3, -0.25) is 0 Å². The van der Waals surface area contributed by atoms with Crippen molar-refractivity contribution < 1.29 is 9.13 Å². The average Bonchev–Trinajstić information content (AvgIpc) is 2.87. The van der Waals surface area contributed by atoms with Crippen molar-refractivity contribution in [2.24, 2.45) is 5.92 Å². The molecular formula is C14H20FN5O. The number of nitrogen functional groups attached to an aromatic ring is 1. The summed E-state index contributed by atoms with van der Waals surface area (Å²) < 4.78 is 21.3. The molecule has 114 valence electrons. The molecule has 0 atom stereocenters. The van der Waals surface area contributed by atoms with Crippen LogP contribution in [0.25, 0.3) is 11.4 Å². The van der Waals surface area contributed by atoms with E-state index in [-0.39, 0.29) is 5.82 Å². The highest BCUT2D eigenvalue weighted by atomic mass is 19.1. The van der Waals surface area contributed by atoms with Crippen molar-refractivity contribution in [1.82, 2.24) is 20.2 Å². The van der Waals surface area contributed by atoms with Crippen LogP contribution in [0.15, 0.2) is 12.1 Å². The molecule has 0 aliphatic heterocycles. The Hall–Kier alpha value is -2.02. The Morgan fingerprint density at radius 1 is 1.38 bits per heavy atom. The lowest BCUT2D eigenvalue weighted by atomic mass is 10.1. The van der Waals surface area contributed by atoms with Gasteiger partial charge in [0.15, 0.2) is 5.82 Å². The van der Waals surface area contributed by atoms with E-state index >= 15 is 0 Å². The van der Waals surface area contributed by atoms with E-state index < -0.39 is 0 Å². The largest absolute Gasteiger partial charge is 0.399 e. The standard InChI is InChI=1S/C14H20FN5O/c1-9(2)8-21-5-4-20-14(17-18-19-20)12-7-11(16)6-10(3)13(12)15/h6-7,9H,4-5,8,16H2,1-3H3. The molecule has 0 saturated heterocycles. The van der Waals surface area contributed by atoms with Gasteiger partial charge in [0.05, 0.1) is 18.7 Å². The second-order valence-corrected chi connectivity index (χ2v) is 5.39. The van der Waals surface area contributed by atoms with Crippen LogP contribution in [0.2, 0.25) is 0 Å². The highest BCUT2D eigenvalue weighted by Crippen LogP contribution is 2.25. The number of hydrogen-bond donors (Lipinski definition) is 1. The molecule has 0 spiro atoms. The van der Waals surface area contributed by atoms with E-state index in [0.717, 1.165) is 0 Å². The number of hydrogen-bond acceptors (Lipinski definition) is 5. The van der Waals surface area contributed by atoms with E-state index in [9.17, 15) is 4.39 Å². The van der Waals surface area contributed by atoms with Gasteiger partial charge in [-0.15, -0.1) is 5.10 Å². The van der Waals surface area contributed by atoms with Gasteiger partial charge in [0.2, 0.25) is 0 Å². The third-order valence-corrected chi connectivity index (χ3v) is 2.95. The number of tetrazole rings is 1. The summed E-state index contributed by atoms with van der Waals surface area (Å²) in [5.41, 5.74) is 7.03. The van der Waals surface area contributed by atoms with Crippen molar-refractivity contribution in [2.75, 3.05) is 18.9 Å². The predicted molar refractivity (Wildman–Crippen MR) is 78.0 cm³/mol. The lowest BCUT2D eigenvalue weighted by Gasteiger charge is -2.09. The molecule has 0 aliphatic rings. The summed E-state index contributed by atoms with van der Waals surface area (Å²) in [6.07, 6.45) is 0. The Bertz CT molecular complexity index is 611. The smallest absolute Gasteiger partial charge is 0.185 e. The van der Waals surface area contributed by atoms with Crippen molar-refractivity contribution in [3.63, 3.8) is 0 Å². The van der Waals surface area contributed by atoms with E-state index in [2.05, 4.69) is 29.4 Å². The van der Waals surface area contributed by atoms with Gasteiger partial charge in [-0.2, -0.15) is 0 Å². The second-order valence-electron chi connectivity index (χ2n) is 5.39. The topological polar surface area (TPSA) is 78.9 Å². The molecule has 1 heterocycles. The van der Waals surface area contributed by atoms with Gasteiger partial charge in [0.1, 0.15) is 5.82 Å². The molecule has 0 fully saturated rings. The van der Waals surface area contributed by atoms with E-state index in [1.807, 2.05) is 0 Å². The van der Waals surface area contributed by atoms with Crippen LogP contribution in [0.1, 0.15) is 19.4 Å². The number of nitrogens with zero attached hydrogens (tertiary/aromatic N) is 4. The van der Waals surface area contributed by atoms with Crippen LogP contribution in [0.5, 0.6) is 0 Å². The summed E-state index contributed by atoms with van der Waals surface area (Å²) in [6.45, 7) is 7.42. The molecule has 7 heteroatoms. The van der Waals surface area contributed by atoms with Crippen LogP contribution in [0.3, 0.4) is 0 Å². The van der Waals surface area contributed by atoms with Gasteiger partial charge in [-0.05, 0) is 41.0 Å². The lowest BCUT2D eigenvalue weighted by molar-refractivity contribution is 0.101. The minimum absolute atomic E-state index is 0.307. The molecule has 2 rings (SSSR count). The maximum atomic E-state index is 14.2. The third-order valence-electron chi connectivity index (χ3n) is 2.95. The molecule has 2 aromatic rings. The molecule has 0 amide bonds. The first-order chi connectivity index (χ1) is 9.99. The maximum absolute atomic E-state index is 14.2. The Labute approximate surface area is 123 Å². The van der Waals surface area contributed by atoms with Crippen LogP contribution in [-0.4, -0.2) is 33.4 Å². The van der Waals surface area contributed by atoms with Crippen molar-refractivity contribution >= 4 is 5.69 Å². The molecule has 0 unspecified atom stereocenters. The van der Waals surface area contributed by atoms with Crippen LogP contribution in [-0.2, 0) is 11.3 Å². The summed E-state index contributed by atoms with van der Waals surface area (Å²) >= 11 is 0. The maximum Gasteiger partial charge on any atom is 0.185 e. The third kappa shape index (κ3) is 3.75. The molecule has 0 bridgehead atoms. The zero-order valence-corrected chi connectivity index (χ0v) is 12.5. The van der Waals surface area contributed by atoms with Gasteiger partial charge < -0.3 is 10.5 Å². The normalized spacial score (nSPS) is 11.3. The summed E-state index contributed by atoms with van der Waals surface area (Å²) in [5, 5.41) is 11.4. The quantitative estimate of drug-likeness (QED) is 0.651. The minimum atomic E-state index is -0.358. The minimum Gasteiger partial charge on any atom is -0.399 e. The molecule has 1 aromatic carbocycles. The molecule has 0 saturated carbocycles. The number of aryl methyl sites for hydroxylation is 1. The van der Waals surface area contributed by atoms with Crippen LogP contribution < -0.4 is 5.73 Å². The van der Waals surface area contributed by atoms with Gasteiger partial charge in [0, 0.05) is 12.3 Å². The molecule has 2 N–H and O–H groups in total. The van der Waals surface area contributed by atoms with Gasteiger partial charge >= 0.3 is 0 Å². The van der Waals surface area contributed by atoms with E-state index in [1.54, 1.807) is 19.1 Å². The Morgan fingerprint density at radius 2 is 2.14 bits per heavy atom. The van der Waals surface area contributed by atoms with Gasteiger partial charge in [0.25, 0.3) is 0 Å². The average molecular weight is 293 g/mol. The van der Waals surface area contributed by atoms with Crippen molar-refractivity contribution in [3.05, 3.63) is 23.5 Å². The fraction of sp³-hybridized carbons (Fsp3) is 0.500. The number of anilines is 1. The van der Waals surface area contributed by atoms with Crippen LogP contribution in [0.4, 0.5) is 10.1 Å². The Morgan fingerprint density at radius 3 is 2.86 bits per heavy atom. The van der Waals surface area contributed by atoms with E-state index in [1.165, 1.54) is 4.68 Å². The first-order valence-electron chi connectivity index (χ1n) is 6.89. The number of nitrogens with two attached hydrogens (primary N) is 1. The van der Waals surface area contributed by atoms with E-state index in [0.29, 0.717) is 48.3 Å².